The van der Waals surface area contributed by atoms with Crippen molar-refractivity contribution in [1.82, 2.24) is 5.43 Å². The number of hydrogen-bond acceptors (Lipinski definition) is 3. The number of ether oxygens (including phenoxy) is 1. The van der Waals surface area contributed by atoms with Crippen LogP contribution in [0.2, 0.25) is 0 Å². The van der Waals surface area contributed by atoms with E-state index in [1.54, 1.807) is 0 Å². The minimum Gasteiger partial charge on any atom is -0.488 e. The molecule has 0 atom stereocenters. The summed E-state index contributed by atoms with van der Waals surface area (Å²) in [6.07, 6.45) is 1.50. The number of halogens is 1. The highest BCUT2D eigenvalue weighted by atomic mass is 79.9. The van der Waals surface area contributed by atoms with Gasteiger partial charge in [0.2, 0.25) is 0 Å². The van der Waals surface area contributed by atoms with E-state index < -0.39 is 6.03 Å². The van der Waals surface area contributed by atoms with Crippen LogP contribution in [0.25, 0.3) is 10.8 Å². The number of nitrogens with zero attached hydrogens (tertiary/aromatic N) is 1. The lowest BCUT2D eigenvalue weighted by molar-refractivity contribution is 0.249. The van der Waals surface area contributed by atoms with E-state index in [1.165, 1.54) is 17.0 Å². The van der Waals surface area contributed by atoms with Crippen LogP contribution in [0, 0.1) is 0 Å². The number of carbonyl (C=O) groups is 1. The molecule has 5 nitrogen and oxygen atoms in total. The van der Waals surface area contributed by atoms with Gasteiger partial charge in [-0.05, 0) is 56.0 Å². The molecule has 0 aliphatic rings. The maximum absolute atomic E-state index is 10.6. The molecule has 6 heteroatoms. The number of nitrogens with one attached hydrogen (secondary N) is 1. The van der Waals surface area contributed by atoms with Crippen molar-refractivity contribution in [2.45, 2.75) is 6.61 Å². The number of urea groups is 1. The van der Waals surface area contributed by atoms with Crippen molar-refractivity contribution in [2.75, 3.05) is 0 Å². The first-order valence-corrected chi connectivity index (χ1v) is 8.40. The average molecular weight is 398 g/mol. The van der Waals surface area contributed by atoms with Crippen molar-refractivity contribution in [3.63, 3.8) is 0 Å². The SMILES string of the molecule is NC(=O)N/N=C\c1ccc(OCc2cccc3ccccc23)c(Br)c1. The highest BCUT2D eigenvalue weighted by Gasteiger charge is 2.05. The molecule has 2 amide bonds. The molecule has 0 bridgehead atoms. The maximum Gasteiger partial charge on any atom is 0.332 e. The zero-order valence-electron chi connectivity index (χ0n) is 13.3. The predicted molar refractivity (Wildman–Crippen MR) is 103 cm³/mol. The molecule has 3 aromatic rings. The summed E-state index contributed by atoms with van der Waals surface area (Å²) < 4.78 is 6.75. The molecule has 0 heterocycles. The lowest BCUT2D eigenvalue weighted by Gasteiger charge is -2.11. The molecule has 126 valence electrons. The topological polar surface area (TPSA) is 76.7 Å². The van der Waals surface area contributed by atoms with Gasteiger partial charge >= 0.3 is 6.03 Å². The van der Waals surface area contributed by atoms with E-state index in [0.717, 1.165) is 21.3 Å². The van der Waals surface area contributed by atoms with Gasteiger partial charge in [-0.15, -0.1) is 0 Å². The van der Waals surface area contributed by atoms with Gasteiger partial charge in [0, 0.05) is 0 Å². The monoisotopic (exact) mass is 397 g/mol. The minimum atomic E-state index is -0.703. The maximum atomic E-state index is 10.6. The molecule has 0 unspecified atom stereocenters. The van der Waals surface area contributed by atoms with Crippen LogP contribution in [0.3, 0.4) is 0 Å². The number of hydrazone groups is 1. The van der Waals surface area contributed by atoms with E-state index in [4.69, 9.17) is 10.5 Å². The van der Waals surface area contributed by atoms with Gasteiger partial charge in [-0.2, -0.15) is 5.10 Å². The average Bonchev–Trinajstić information content (AvgIpc) is 2.61. The molecule has 0 aliphatic carbocycles. The van der Waals surface area contributed by atoms with Crippen molar-refractivity contribution >= 4 is 38.9 Å². The summed E-state index contributed by atoms with van der Waals surface area (Å²) in [6, 6.07) is 19.2. The van der Waals surface area contributed by atoms with Crippen LogP contribution in [0.15, 0.2) is 70.2 Å². The molecule has 3 N–H and O–H groups in total. The van der Waals surface area contributed by atoms with Crippen LogP contribution >= 0.6 is 15.9 Å². The first kappa shape index (κ1) is 17.0. The van der Waals surface area contributed by atoms with Gasteiger partial charge in [-0.1, -0.05) is 42.5 Å². The third kappa shape index (κ3) is 4.36. The number of amides is 2. The molecule has 3 aromatic carbocycles. The van der Waals surface area contributed by atoms with Crippen molar-refractivity contribution in [1.29, 1.82) is 0 Å². The molecule has 25 heavy (non-hydrogen) atoms. The molecular weight excluding hydrogens is 382 g/mol. The first-order valence-electron chi connectivity index (χ1n) is 7.61. The number of rotatable bonds is 5. The Morgan fingerprint density at radius 2 is 1.96 bits per heavy atom. The summed E-state index contributed by atoms with van der Waals surface area (Å²) in [5, 5.41) is 6.10. The van der Waals surface area contributed by atoms with Gasteiger partial charge in [0.25, 0.3) is 0 Å². The Morgan fingerprint density at radius 1 is 1.16 bits per heavy atom. The van der Waals surface area contributed by atoms with Gasteiger partial charge in [0.05, 0.1) is 10.7 Å². The van der Waals surface area contributed by atoms with E-state index >= 15 is 0 Å². The highest BCUT2D eigenvalue weighted by Crippen LogP contribution is 2.27. The predicted octanol–water partition coefficient (Wildman–Crippen LogP) is 4.18. The fourth-order valence-corrected chi connectivity index (χ4v) is 2.97. The Bertz CT molecular complexity index is 936. The molecular formula is C19H16BrN3O2. The number of nitrogens with two attached hydrogens (primary N) is 1. The number of benzene rings is 3. The molecule has 0 aliphatic heterocycles. The Kier molecular flexibility index (Phi) is 5.30. The lowest BCUT2D eigenvalue weighted by Crippen LogP contribution is -2.24. The number of fused-ring (bicyclic) bond motifs is 1. The lowest BCUT2D eigenvalue weighted by atomic mass is 10.1. The Morgan fingerprint density at radius 3 is 2.76 bits per heavy atom. The fraction of sp³-hybridized carbons (Fsp3) is 0.0526. The number of hydrogen-bond donors (Lipinski definition) is 2. The van der Waals surface area contributed by atoms with Crippen molar-refractivity contribution in [2.24, 2.45) is 10.8 Å². The van der Waals surface area contributed by atoms with E-state index in [-0.39, 0.29) is 0 Å². The van der Waals surface area contributed by atoms with Crippen molar-refractivity contribution < 1.29 is 9.53 Å². The smallest absolute Gasteiger partial charge is 0.332 e. The second kappa shape index (κ2) is 7.81. The molecule has 0 radical (unpaired) electrons. The highest BCUT2D eigenvalue weighted by molar-refractivity contribution is 9.10. The standard InChI is InChI=1S/C19H16BrN3O2/c20-17-10-13(11-22-23-19(21)24)8-9-18(17)25-12-15-6-3-5-14-4-1-2-7-16(14)15/h1-11H,12H2,(H3,21,23,24)/b22-11-. The summed E-state index contributed by atoms with van der Waals surface area (Å²) in [7, 11) is 0. The van der Waals surface area contributed by atoms with Crippen LogP contribution in [-0.4, -0.2) is 12.2 Å². The van der Waals surface area contributed by atoms with E-state index in [0.29, 0.717) is 6.61 Å². The van der Waals surface area contributed by atoms with Gasteiger partial charge in [0.1, 0.15) is 12.4 Å². The molecule has 0 saturated carbocycles. The first-order chi connectivity index (χ1) is 12.1. The van der Waals surface area contributed by atoms with E-state index in [9.17, 15) is 4.79 Å². The molecule has 3 rings (SSSR count). The van der Waals surface area contributed by atoms with Gasteiger partial charge in [0.15, 0.2) is 0 Å². The van der Waals surface area contributed by atoms with Crippen LogP contribution in [0.5, 0.6) is 5.75 Å². The number of carbonyl (C=O) groups excluding carboxylic acids is 1. The molecule has 0 fully saturated rings. The number of primary amides is 1. The molecule has 0 spiro atoms. The quantitative estimate of drug-likeness (QED) is 0.500. The van der Waals surface area contributed by atoms with Crippen molar-refractivity contribution in [3.05, 3.63) is 76.3 Å². The third-order valence-corrected chi connectivity index (χ3v) is 4.23. The second-order valence-corrected chi connectivity index (χ2v) is 6.21. The summed E-state index contributed by atoms with van der Waals surface area (Å²) >= 11 is 3.49. The van der Waals surface area contributed by atoms with Gasteiger partial charge < -0.3 is 10.5 Å². The summed E-state index contributed by atoms with van der Waals surface area (Å²) in [5.41, 5.74) is 9.04. The van der Waals surface area contributed by atoms with E-state index in [1.807, 2.05) is 36.4 Å². The zero-order chi connectivity index (χ0) is 17.6. The second-order valence-electron chi connectivity index (χ2n) is 5.35. The van der Waals surface area contributed by atoms with Crippen LogP contribution in [-0.2, 0) is 6.61 Å². The van der Waals surface area contributed by atoms with Crippen molar-refractivity contribution in [3.8, 4) is 5.75 Å². The Labute approximate surface area is 153 Å². The van der Waals surface area contributed by atoms with Crippen LogP contribution < -0.4 is 15.9 Å². The normalized spacial score (nSPS) is 10.9. The van der Waals surface area contributed by atoms with Gasteiger partial charge in [-0.25, -0.2) is 10.2 Å². The minimum absolute atomic E-state index is 0.469. The van der Waals surface area contributed by atoms with E-state index in [2.05, 4.69) is 50.7 Å². The summed E-state index contributed by atoms with van der Waals surface area (Å²) in [6.45, 7) is 0.469. The molecule has 0 aromatic heterocycles. The Balaban J connectivity index is 1.73. The zero-order valence-corrected chi connectivity index (χ0v) is 14.9. The van der Waals surface area contributed by atoms with Crippen LogP contribution in [0.1, 0.15) is 11.1 Å². The molecule has 0 saturated heterocycles. The Hall–Kier alpha value is -2.86. The van der Waals surface area contributed by atoms with Crippen LogP contribution in [0.4, 0.5) is 4.79 Å². The third-order valence-electron chi connectivity index (χ3n) is 3.61. The summed E-state index contributed by atoms with van der Waals surface area (Å²) in [5.74, 6) is 0.730. The summed E-state index contributed by atoms with van der Waals surface area (Å²) in [4.78, 5) is 10.6. The van der Waals surface area contributed by atoms with Gasteiger partial charge in [-0.3, -0.25) is 0 Å². The largest absolute Gasteiger partial charge is 0.488 e. The fourth-order valence-electron chi connectivity index (χ4n) is 2.46.